The van der Waals surface area contributed by atoms with Crippen LogP contribution in [0.25, 0.3) is 11.1 Å². The lowest BCUT2D eigenvalue weighted by molar-refractivity contribution is 0.00595. The van der Waals surface area contributed by atoms with Gasteiger partial charge in [-0.25, -0.2) is 0 Å². The lowest BCUT2D eigenvalue weighted by Crippen LogP contribution is -2.39. The van der Waals surface area contributed by atoms with Crippen molar-refractivity contribution in [3.8, 4) is 22.6 Å². The molecule has 0 aliphatic carbocycles. The summed E-state index contributed by atoms with van der Waals surface area (Å²) in [4.78, 5) is 0. The highest BCUT2D eigenvalue weighted by molar-refractivity contribution is 5.67. The Morgan fingerprint density at radius 1 is 0.826 bits per heavy atom. The second kappa shape index (κ2) is 5.87. The quantitative estimate of drug-likeness (QED) is 0.895. The number of piperidine rings is 1. The van der Waals surface area contributed by atoms with E-state index in [0.29, 0.717) is 13.2 Å². The predicted molar refractivity (Wildman–Crippen MR) is 88.9 cm³/mol. The van der Waals surface area contributed by atoms with Crippen molar-refractivity contribution < 1.29 is 14.6 Å². The van der Waals surface area contributed by atoms with Gasteiger partial charge in [-0.3, -0.25) is 0 Å². The van der Waals surface area contributed by atoms with Gasteiger partial charge >= 0.3 is 0 Å². The SMILES string of the molecule is OC1(c2ccc(-c3ccc4c(c3)OCCO4)cc2)CCNCC1. The van der Waals surface area contributed by atoms with Crippen LogP contribution in [0.4, 0.5) is 0 Å². The topological polar surface area (TPSA) is 50.7 Å². The van der Waals surface area contributed by atoms with Gasteiger partial charge in [0.2, 0.25) is 0 Å². The first-order valence-corrected chi connectivity index (χ1v) is 8.18. The van der Waals surface area contributed by atoms with Gasteiger partial charge in [-0.1, -0.05) is 30.3 Å². The van der Waals surface area contributed by atoms with Crippen molar-refractivity contribution in [3.05, 3.63) is 48.0 Å². The first-order chi connectivity index (χ1) is 11.2. The van der Waals surface area contributed by atoms with Crippen LogP contribution < -0.4 is 14.8 Å². The van der Waals surface area contributed by atoms with Crippen molar-refractivity contribution >= 4 is 0 Å². The minimum absolute atomic E-state index is 0.594. The number of hydrogen-bond donors (Lipinski definition) is 2. The molecule has 4 rings (SSSR count). The molecule has 4 nitrogen and oxygen atoms in total. The summed E-state index contributed by atoms with van der Waals surface area (Å²) >= 11 is 0. The van der Waals surface area contributed by atoms with Crippen molar-refractivity contribution in [1.82, 2.24) is 5.32 Å². The lowest BCUT2D eigenvalue weighted by Gasteiger charge is -2.33. The van der Waals surface area contributed by atoms with Crippen LogP contribution in [0.2, 0.25) is 0 Å². The highest BCUT2D eigenvalue weighted by Crippen LogP contribution is 2.36. The predicted octanol–water partition coefficient (Wildman–Crippen LogP) is 2.70. The Morgan fingerprint density at radius 2 is 1.48 bits per heavy atom. The molecule has 0 radical (unpaired) electrons. The molecular formula is C19H21NO3. The fraction of sp³-hybridized carbons (Fsp3) is 0.368. The number of fused-ring (bicyclic) bond motifs is 1. The van der Waals surface area contributed by atoms with Gasteiger partial charge in [-0.15, -0.1) is 0 Å². The second-order valence-corrected chi connectivity index (χ2v) is 6.22. The van der Waals surface area contributed by atoms with E-state index < -0.39 is 5.60 Å². The van der Waals surface area contributed by atoms with Crippen LogP contribution in [-0.2, 0) is 5.60 Å². The first kappa shape index (κ1) is 14.5. The van der Waals surface area contributed by atoms with Gasteiger partial charge in [0.25, 0.3) is 0 Å². The Balaban J connectivity index is 1.60. The Hall–Kier alpha value is -2.04. The lowest BCUT2D eigenvalue weighted by atomic mass is 9.84. The smallest absolute Gasteiger partial charge is 0.161 e. The summed E-state index contributed by atoms with van der Waals surface area (Å²) in [6, 6.07) is 14.2. The molecule has 4 heteroatoms. The molecule has 2 heterocycles. The maximum atomic E-state index is 10.8. The van der Waals surface area contributed by atoms with E-state index in [0.717, 1.165) is 54.1 Å². The van der Waals surface area contributed by atoms with Gasteiger partial charge in [0, 0.05) is 0 Å². The molecule has 2 aliphatic rings. The molecule has 2 aliphatic heterocycles. The average molecular weight is 311 g/mol. The van der Waals surface area contributed by atoms with Gasteiger partial charge in [-0.2, -0.15) is 0 Å². The third kappa shape index (κ3) is 2.80. The molecule has 0 aromatic heterocycles. The molecule has 2 aromatic rings. The summed E-state index contributed by atoms with van der Waals surface area (Å²) in [5.41, 5.74) is 2.51. The summed E-state index contributed by atoms with van der Waals surface area (Å²) in [7, 11) is 0. The fourth-order valence-corrected chi connectivity index (χ4v) is 3.32. The minimum atomic E-state index is -0.698. The van der Waals surface area contributed by atoms with E-state index in [1.165, 1.54) is 0 Å². The first-order valence-electron chi connectivity index (χ1n) is 8.18. The van der Waals surface area contributed by atoms with Gasteiger partial charge in [0.15, 0.2) is 11.5 Å². The number of rotatable bonds is 2. The molecular weight excluding hydrogens is 290 g/mol. The Morgan fingerprint density at radius 3 is 2.22 bits per heavy atom. The summed E-state index contributed by atoms with van der Waals surface area (Å²) in [5, 5.41) is 14.1. The monoisotopic (exact) mass is 311 g/mol. The van der Waals surface area contributed by atoms with E-state index in [4.69, 9.17) is 9.47 Å². The van der Waals surface area contributed by atoms with Crippen LogP contribution in [0, 0.1) is 0 Å². The van der Waals surface area contributed by atoms with Crippen LogP contribution in [0.3, 0.4) is 0 Å². The largest absolute Gasteiger partial charge is 0.486 e. The van der Waals surface area contributed by atoms with Crippen LogP contribution in [0.5, 0.6) is 11.5 Å². The van der Waals surface area contributed by atoms with Crippen LogP contribution in [-0.4, -0.2) is 31.4 Å². The van der Waals surface area contributed by atoms with E-state index in [1.54, 1.807) is 0 Å². The van der Waals surface area contributed by atoms with Gasteiger partial charge in [-0.05, 0) is 54.8 Å². The molecule has 1 saturated heterocycles. The Bertz CT molecular complexity index is 690. The third-order valence-electron chi connectivity index (χ3n) is 4.73. The van der Waals surface area contributed by atoms with E-state index in [-0.39, 0.29) is 0 Å². The standard InChI is InChI=1S/C19H21NO3/c21-19(7-9-20-10-8-19)16-4-1-14(2-5-16)15-3-6-17-18(13-15)23-12-11-22-17/h1-6,13,20-21H,7-12H2. The molecule has 120 valence electrons. The number of hydrogen-bond acceptors (Lipinski definition) is 4. The van der Waals surface area contributed by atoms with E-state index in [1.807, 2.05) is 30.3 Å². The normalized spacial score (nSPS) is 19.3. The van der Waals surface area contributed by atoms with Crippen molar-refractivity contribution in [2.24, 2.45) is 0 Å². The molecule has 0 saturated carbocycles. The Kier molecular flexibility index (Phi) is 3.71. The number of nitrogens with one attached hydrogen (secondary N) is 1. The van der Waals surface area contributed by atoms with Gasteiger partial charge in [0.05, 0.1) is 5.60 Å². The third-order valence-corrected chi connectivity index (χ3v) is 4.73. The summed E-state index contributed by atoms with van der Waals surface area (Å²) in [5.74, 6) is 1.61. The zero-order valence-electron chi connectivity index (χ0n) is 13.0. The Labute approximate surface area is 136 Å². The van der Waals surface area contributed by atoms with Crippen LogP contribution in [0.1, 0.15) is 18.4 Å². The molecule has 0 spiro atoms. The molecule has 0 unspecified atom stereocenters. The zero-order chi connectivity index (χ0) is 15.7. The highest BCUT2D eigenvalue weighted by Gasteiger charge is 2.30. The fourth-order valence-electron chi connectivity index (χ4n) is 3.32. The van der Waals surface area contributed by atoms with Crippen molar-refractivity contribution in [1.29, 1.82) is 0 Å². The molecule has 1 fully saturated rings. The van der Waals surface area contributed by atoms with E-state index >= 15 is 0 Å². The van der Waals surface area contributed by atoms with E-state index in [9.17, 15) is 5.11 Å². The highest BCUT2D eigenvalue weighted by atomic mass is 16.6. The molecule has 2 N–H and O–H groups in total. The minimum Gasteiger partial charge on any atom is -0.486 e. The maximum Gasteiger partial charge on any atom is 0.161 e. The summed E-state index contributed by atoms with van der Waals surface area (Å²) in [6.45, 7) is 2.92. The molecule has 2 aromatic carbocycles. The second-order valence-electron chi connectivity index (χ2n) is 6.22. The number of ether oxygens (including phenoxy) is 2. The summed E-state index contributed by atoms with van der Waals surface area (Å²) < 4.78 is 11.2. The maximum absolute atomic E-state index is 10.8. The summed E-state index contributed by atoms with van der Waals surface area (Å²) in [6.07, 6.45) is 1.52. The van der Waals surface area contributed by atoms with Crippen LogP contribution in [0.15, 0.2) is 42.5 Å². The van der Waals surface area contributed by atoms with Crippen molar-refractivity contribution in [3.63, 3.8) is 0 Å². The van der Waals surface area contributed by atoms with Crippen molar-refractivity contribution in [2.75, 3.05) is 26.3 Å². The molecule has 23 heavy (non-hydrogen) atoms. The van der Waals surface area contributed by atoms with Gasteiger partial charge < -0.3 is 19.9 Å². The molecule has 0 bridgehead atoms. The number of aliphatic hydroxyl groups is 1. The molecule has 0 atom stereocenters. The number of benzene rings is 2. The molecule has 0 amide bonds. The average Bonchev–Trinajstić information content (AvgIpc) is 2.62. The van der Waals surface area contributed by atoms with E-state index in [2.05, 4.69) is 17.4 Å². The van der Waals surface area contributed by atoms with Crippen LogP contribution >= 0.6 is 0 Å². The van der Waals surface area contributed by atoms with Gasteiger partial charge in [0.1, 0.15) is 13.2 Å². The zero-order valence-corrected chi connectivity index (χ0v) is 13.0. The van der Waals surface area contributed by atoms with Crippen molar-refractivity contribution in [2.45, 2.75) is 18.4 Å².